The molecule has 0 saturated carbocycles. The third-order valence-electron chi connectivity index (χ3n) is 4.24. The van der Waals surface area contributed by atoms with Gasteiger partial charge in [0.2, 0.25) is 0 Å². The molecule has 126 valence electrons. The topological polar surface area (TPSA) is 38.8 Å². The first-order valence-corrected chi connectivity index (χ1v) is 8.31. The van der Waals surface area contributed by atoms with Gasteiger partial charge in [-0.1, -0.05) is 38.1 Å². The molecule has 1 amide bonds. The van der Waals surface area contributed by atoms with Gasteiger partial charge in [0.25, 0.3) is 0 Å². The second-order valence-corrected chi connectivity index (χ2v) is 6.44. The second kappa shape index (κ2) is 6.95. The van der Waals surface area contributed by atoms with Crippen LogP contribution >= 0.6 is 0 Å². The number of anilines is 1. The van der Waals surface area contributed by atoms with E-state index in [1.54, 1.807) is 4.90 Å². The molecule has 1 heterocycles. The molecule has 0 bridgehead atoms. The van der Waals surface area contributed by atoms with Crippen molar-refractivity contribution in [3.8, 4) is 5.75 Å². The molecule has 0 aliphatic carbocycles. The summed E-state index contributed by atoms with van der Waals surface area (Å²) < 4.78 is 11.2. The number of ether oxygens (including phenoxy) is 2. The Morgan fingerprint density at radius 3 is 2.62 bits per heavy atom. The van der Waals surface area contributed by atoms with Gasteiger partial charge < -0.3 is 9.47 Å². The number of hydrogen-bond donors (Lipinski definition) is 0. The molecular weight excluding hydrogens is 302 g/mol. The number of rotatable bonds is 5. The lowest BCUT2D eigenvalue weighted by atomic mass is 9.98. The van der Waals surface area contributed by atoms with Crippen molar-refractivity contribution in [1.82, 2.24) is 0 Å². The lowest BCUT2D eigenvalue weighted by Crippen LogP contribution is -2.26. The summed E-state index contributed by atoms with van der Waals surface area (Å²) >= 11 is 0. The highest BCUT2D eigenvalue weighted by molar-refractivity contribution is 5.89. The SMILES string of the molecule is Cc1cc(OCC2CN(c3ccccc3)C(=O)O2)ccc1C(C)C. The van der Waals surface area contributed by atoms with Gasteiger partial charge in [0, 0.05) is 5.69 Å². The van der Waals surface area contributed by atoms with Crippen LogP contribution in [0.15, 0.2) is 48.5 Å². The van der Waals surface area contributed by atoms with E-state index in [4.69, 9.17) is 9.47 Å². The summed E-state index contributed by atoms with van der Waals surface area (Å²) in [5.41, 5.74) is 3.39. The average molecular weight is 325 g/mol. The van der Waals surface area contributed by atoms with Crippen LogP contribution in [-0.2, 0) is 4.74 Å². The normalized spacial score (nSPS) is 17.2. The van der Waals surface area contributed by atoms with Crippen LogP contribution in [0.1, 0.15) is 30.9 Å². The highest BCUT2D eigenvalue weighted by Crippen LogP contribution is 2.25. The van der Waals surface area contributed by atoms with Gasteiger partial charge in [0.1, 0.15) is 12.4 Å². The molecule has 2 aromatic rings. The van der Waals surface area contributed by atoms with E-state index in [2.05, 4.69) is 26.8 Å². The van der Waals surface area contributed by atoms with Crippen molar-refractivity contribution in [3.05, 3.63) is 59.7 Å². The first-order chi connectivity index (χ1) is 11.5. The summed E-state index contributed by atoms with van der Waals surface area (Å²) in [6.07, 6.45) is -0.580. The second-order valence-electron chi connectivity index (χ2n) is 6.44. The van der Waals surface area contributed by atoms with Gasteiger partial charge in [-0.25, -0.2) is 4.79 Å². The molecule has 4 nitrogen and oxygen atoms in total. The number of aryl methyl sites for hydroxylation is 1. The fraction of sp³-hybridized carbons (Fsp3) is 0.350. The molecule has 0 aromatic heterocycles. The minimum atomic E-state index is -0.318. The summed E-state index contributed by atoms with van der Waals surface area (Å²) in [6.45, 7) is 7.31. The predicted octanol–water partition coefficient (Wildman–Crippen LogP) is 4.52. The number of carbonyl (C=O) groups excluding carboxylic acids is 1. The Bertz CT molecular complexity index is 712. The number of hydrogen-bond acceptors (Lipinski definition) is 3. The van der Waals surface area contributed by atoms with E-state index in [-0.39, 0.29) is 12.2 Å². The van der Waals surface area contributed by atoms with Crippen molar-refractivity contribution in [2.45, 2.75) is 32.8 Å². The Balaban J connectivity index is 1.60. The number of para-hydroxylation sites is 1. The molecule has 1 saturated heterocycles. The lowest BCUT2D eigenvalue weighted by molar-refractivity contribution is 0.105. The number of cyclic esters (lactones) is 1. The number of carbonyl (C=O) groups is 1. The van der Waals surface area contributed by atoms with E-state index in [1.807, 2.05) is 42.5 Å². The zero-order valence-electron chi connectivity index (χ0n) is 14.4. The summed E-state index contributed by atoms with van der Waals surface area (Å²) in [5, 5.41) is 0. The van der Waals surface area contributed by atoms with Crippen LogP contribution in [0.25, 0.3) is 0 Å². The molecule has 1 aliphatic heterocycles. The molecule has 1 aliphatic rings. The number of nitrogens with zero attached hydrogens (tertiary/aromatic N) is 1. The molecule has 1 unspecified atom stereocenters. The van der Waals surface area contributed by atoms with Crippen LogP contribution in [-0.4, -0.2) is 25.3 Å². The smallest absolute Gasteiger partial charge is 0.414 e. The van der Waals surface area contributed by atoms with Crippen LogP contribution in [0.2, 0.25) is 0 Å². The largest absolute Gasteiger partial charge is 0.490 e. The third-order valence-corrected chi connectivity index (χ3v) is 4.24. The van der Waals surface area contributed by atoms with Crippen LogP contribution in [0.4, 0.5) is 10.5 Å². The number of benzene rings is 2. The van der Waals surface area contributed by atoms with Crippen LogP contribution in [0.5, 0.6) is 5.75 Å². The molecule has 4 heteroatoms. The van der Waals surface area contributed by atoms with E-state index in [0.29, 0.717) is 19.1 Å². The molecule has 0 radical (unpaired) electrons. The summed E-state index contributed by atoms with van der Waals surface area (Å²) in [4.78, 5) is 13.7. The average Bonchev–Trinajstić information content (AvgIpc) is 2.94. The van der Waals surface area contributed by atoms with Crippen LogP contribution in [0.3, 0.4) is 0 Å². The highest BCUT2D eigenvalue weighted by atomic mass is 16.6. The fourth-order valence-electron chi connectivity index (χ4n) is 3.00. The van der Waals surface area contributed by atoms with Crippen molar-refractivity contribution in [2.75, 3.05) is 18.1 Å². The first-order valence-electron chi connectivity index (χ1n) is 8.31. The number of amides is 1. The first kappa shape index (κ1) is 16.4. The third kappa shape index (κ3) is 3.53. The molecule has 0 N–H and O–H groups in total. The van der Waals surface area contributed by atoms with Gasteiger partial charge in [-0.15, -0.1) is 0 Å². The Morgan fingerprint density at radius 1 is 1.21 bits per heavy atom. The van der Waals surface area contributed by atoms with Crippen LogP contribution < -0.4 is 9.64 Å². The molecule has 1 fully saturated rings. The predicted molar refractivity (Wildman–Crippen MR) is 94.8 cm³/mol. The summed E-state index contributed by atoms with van der Waals surface area (Å²) in [7, 11) is 0. The molecular formula is C20H23NO3. The van der Waals surface area contributed by atoms with E-state index in [1.165, 1.54) is 11.1 Å². The van der Waals surface area contributed by atoms with E-state index >= 15 is 0 Å². The van der Waals surface area contributed by atoms with Crippen molar-refractivity contribution in [2.24, 2.45) is 0 Å². The maximum Gasteiger partial charge on any atom is 0.414 e. The van der Waals surface area contributed by atoms with Gasteiger partial charge in [-0.05, 0) is 48.2 Å². The zero-order chi connectivity index (χ0) is 17.1. The zero-order valence-corrected chi connectivity index (χ0v) is 14.4. The van der Waals surface area contributed by atoms with E-state index < -0.39 is 0 Å². The van der Waals surface area contributed by atoms with Gasteiger partial charge in [0.15, 0.2) is 6.10 Å². The van der Waals surface area contributed by atoms with Crippen LogP contribution in [0, 0.1) is 6.92 Å². The van der Waals surface area contributed by atoms with Crippen molar-refractivity contribution >= 4 is 11.8 Å². The van der Waals surface area contributed by atoms with Crippen molar-refractivity contribution in [3.63, 3.8) is 0 Å². The molecule has 0 spiro atoms. The quantitative estimate of drug-likeness (QED) is 0.811. The lowest BCUT2D eigenvalue weighted by Gasteiger charge is -2.14. The standard InChI is InChI=1S/C20H23NO3/c1-14(2)19-10-9-17(11-15(19)3)23-13-18-12-21(20(22)24-18)16-7-5-4-6-8-16/h4-11,14,18H,12-13H2,1-3H3. The maximum atomic E-state index is 12.0. The Hall–Kier alpha value is -2.49. The molecule has 2 aromatic carbocycles. The molecule has 1 atom stereocenters. The fourth-order valence-corrected chi connectivity index (χ4v) is 3.00. The Morgan fingerprint density at radius 2 is 1.96 bits per heavy atom. The van der Waals surface area contributed by atoms with Crippen molar-refractivity contribution in [1.29, 1.82) is 0 Å². The van der Waals surface area contributed by atoms with Gasteiger partial charge >= 0.3 is 6.09 Å². The minimum absolute atomic E-state index is 0.261. The maximum absolute atomic E-state index is 12.0. The monoisotopic (exact) mass is 325 g/mol. The van der Waals surface area contributed by atoms with Gasteiger partial charge in [-0.2, -0.15) is 0 Å². The summed E-state index contributed by atoms with van der Waals surface area (Å²) in [6, 6.07) is 15.7. The Labute approximate surface area is 143 Å². The minimum Gasteiger partial charge on any atom is -0.490 e. The molecule has 3 rings (SSSR count). The van der Waals surface area contributed by atoms with Crippen molar-refractivity contribution < 1.29 is 14.3 Å². The summed E-state index contributed by atoms with van der Waals surface area (Å²) in [5.74, 6) is 1.31. The molecule has 24 heavy (non-hydrogen) atoms. The highest BCUT2D eigenvalue weighted by Gasteiger charge is 2.32. The van der Waals surface area contributed by atoms with E-state index in [0.717, 1.165) is 11.4 Å². The Kier molecular flexibility index (Phi) is 4.74. The van der Waals surface area contributed by atoms with E-state index in [9.17, 15) is 4.79 Å². The van der Waals surface area contributed by atoms with Gasteiger partial charge in [-0.3, -0.25) is 4.90 Å². The van der Waals surface area contributed by atoms with Gasteiger partial charge in [0.05, 0.1) is 6.54 Å².